The number of aliphatic hydroxyl groups excluding tert-OH is 1. The Balaban J connectivity index is 2.37. The Bertz CT molecular complexity index is 738. The van der Waals surface area contributed by atoms with Gasteiger partial charge in [-0.25, -0.2) is 4.79 Å². The van der Waals surface area contributed by atoms with E-state index in [2.05, 4.69) is 4.99 Å². The average molecular weight is 324 g/mol. The van der Waals surface area contributed by atoms with Crippen LogP contribution >= 0.6 is 0 Å². The molecule has 2 aromatic rings. The number of hydrogen-bond acceptors (Lipinski definition) is 4. The van der Waals surface area contributed by atoms with E-state index in [0.717, 1.165) is 5.56 Å². The third-order valence-corrected chi connectivity index (χ3v) is 3.29. The Morgan fingerprint density at radius 1 is 1.08 bits per heavy atom. The number of aliphatic imine (C=N–C) groups is 1. The van der Waals surface area contributed by atoms with Gasteiger partial charge >= 0.3 is 5.97 Å². The number of benzene rings is 2. The number of nitrogens with two attached hydrogens (primary N) is 1. The maximum Gasteiger partial charge on any atom is 0.345 e. The number of amidine groups is 1. The van der Waals surface area contributed by atoms with Crippen molar-refractivity contribution in [3.05, 3.63) is 77.4 Å². The molecule has 0 bridgehead atoms. The summed E-state index contributed by atoms with van der Waals surface area (Å²) >= 11 is 0. The van der Waals surface area contributed by atoms with Crippen LogP contribution in [-0.2, 0) is 16.1 Å². The third-order valence-electron chi connectivity index (χ3n) is 3.29. The summed E-state index contributed by atoms with van der Waals surface area (Å²) < 4.78 is 5.00. The van der Waals surface area contributed by atoms with Crippen LogP contribution in [0.4, 0.5) is 0 Å². The Labute approximate surface area is 141 Å². The quantitative estimate of drug-likeness (QED) is 0.281. The van der Waals surface area contributed by atoms with Crippen LogP contribution in [0.3, 0.4) is 0 Å². The average Bonchev–Trinajstić information content (AvgIpc) is 2.62. The Kier molecular flexibility index (Phi) is 6.14. The molecule has 0 amide bonds. The zero-order chi connectivity index (χ0) is 17.4. The molecule has 0 spiro atoms. The summed E-state index contributed by atoms with van der Waals surface area (Å²) in [5, 5.41) is 10.5. The van der Waals surface area contributed by atoms with Gasteiger partial charge < -0.3 is 15.6 Å². The fourth-order valence-corrected chi connectivity index (χ4v) is 2.11. The molecule has 124 valence electrons. The van der Waals surface area contributed by atoms with Gasteiger partial charge in [0.05, 0.1) is 13.2 Å². The lowest BCUT2D eigenvalue weighted by Crippen LogP contribution is -2.25. The highest BCUT2D eigenvalue weighted by molar-refractivity contribution is 6.22. The van der Waals surface area contributed by atoms with Gasteiger partial charge in [0.25, 0.3) is 0 Å². The second kappa shape index (κ2) is 8.53. The zero-order valence-corrected chi connectivity index (χ0v) is 13.5. The highest BCUT2D eigenvalue weighted by Crippen LogP contribution is 2.17. The highest BCUT2D eigenvalue weighted by atomic mass is 16.5. The standard InChI is InChI=1S/C19H20N2O3/c1-2-24-19(23)16(17(22)15-11-7-4-8-12-15)18(20)21-13-14-9-5-3-6-10-14/h3-12,22H,2,13H2,1H3,(H2,20,21)/b17-16+. The second-order valence-corrected chi connectivity index (χ2v) is 5.00. The van der Waals surface area contributed by atoms with Crippen molar-refractivity contribution in [1.29, 1.82) is 0 Å². The van der Waals surface area contributed by atoms with Crippen LogP contribution < -0.4 is 5.73 Å². The van der Waals surface area contributed by atoms with Crippen LogP contribution in [0.15, 0.2) is 71.2 Å². The highest BCUT2D eigenvalue weighted by Gasteiger charge is 2.21. The molecule has 24 heavy (non-hydrogen) atoms. The van der Waals surface area contributed by atoms with Gasteiger partial charge in [0, 0.05) is 5.56 Å². The van der Waals surface area contributed by atoms with E-state index in [1.807, 2.05) is 36.4 Å². The van der Waals surface area contributed by atoms with Crippen LogP contribution in [0, 0.1) is 0 Å². The number of nitrogens with zero attached hydrogens (tertiary/aromatic N) is 1. The van der Waals surface area contributed by atoms with E-state index in [1.54, 1.807) is 31.2 Å². The number of ether oxygens (including phenoxy) is 1. The number of hydrogen-bond donors (Lipinski definition) is 2. The summed E-state index contributed by atoms with van der Waals surface area (Å²) in [5.41, 5.74) is 7.26. The van der Waals surface area contributed by atoms with E-state index >= 15 is 0 Å². The fraction of sp³-hybridized carbons (Fsp3) is 0.158. The predicted octanol–water partition coefficient (Wildman–Crippen LogP) is 3.08. The molecule has 5 heteroatoms. The SMILES string of the molecule is CCOC(=O)/C(C(N)=NCc1ccccc1)=C(/O)c1ccccc1. The maximum atomic E-state index is 12.2. The lowest BCUT2D eigenvalue weighted by molar-refractivity contribution is -0.137. The molecule has 0 saturated heterocycles. The van der Waals surface area contributed by atoms with Crippen molar-refractivity contribution in [2.24, 2.45) is 10.7 Å². The Hall–Kier alpha value is -3.08. The molecule has 2 aromatic carbocycles. The van der Waals surface area contributed by atoms with Crippen LogP contribution in [-0.4, -0.2) is 23.5 Å². The van der Waals surface area contributed by atoms with Crippen LogP contribution in [0.25, 0.3) is 5.76 Å². The van der Waals surface area contributed by atoms with Crippen LogP contribution in [0.5, 0.6) is 0 Å². The molecule has 0 aliphatic heterocycles. The molecule has 0 fully saturated rings. The van der Waals surface area contributed by atoms with Crippen LogP contribution in [0.1, 0.15) is 18.1 Å². The van der Waals surface area contributed by atoms with E-state index in [0.29, 0.717) is 12.1 Å². The minimum Gasteiger partial charge on any atom is -0.506 e. The van der Waals surface area contributed by atoms with Gasteiger partial charge in [-0.15, -0.1) is 0 Å². The molecule has 0 atom stereocenters. The van der Waals surface area contributed by atoms with E-state index in [1.165, 1.54) is 0 Å². The van der Waals surface area contributed by atoms with Crippen molar-refractivity contribution in [2.45, 2.75) is 13.5 Å². The number of aliphatic hydroxyl groups is 1. The third kappa shape index (κ3) is 4.46. The zero-order valence-electron chi connectivity index (χ0n) is 13.5. The predicted molar refractivity (Wildman–Crippen MR) is 94.4 cm³/mol. The molecular formula is C19H20N2O3. The van der Waals surface area contributed by atoms with Gasteiger partial charge in [-0.05, 0) is 12.5 Å². The normalized spacial score (nSPS) is 12.5. The monoisotopic (exact) mass is 324 g/mol. The summed E-state index contributed by atoms with van der Waals surface area (Å²) in [4.78, 5) is 16.4. The fourth-order valence-electron chi connectivity index (χ4n) is 2.11. The summed E-state index contributed by atoms with van der Waals surface area (Å²) in [7, 11) is 0. The van der Waals surface area contributed by atoms with E-state index < -0.39 is 5.97 Å². The van der Waals surface area contributed by atoms with Crippen molar-refractivity contribution in [3.63, 3.8) is 0 Å². The van der Waals surface area contributed by atoms with Gasteiger partial charge in [0.2, 0.25) is 0 Å². The number of esters is 1. The molecule has 0 aromatic heterocycles. The smallest absolute Gasteiger partial charge is 0.345 e. The first-order chi connectivity index (χ1) is 11.6. The topological polar surface area (TPSA) is 84.9 Å². The van der Waals surface area contributed by atoms with Gasteiger partial charge in [-0.2, -0.15) is 0 Å². The van der Waals surface area contributed by atoms with Crippen molar-refractivity contribution in [2.75, 3.05) is 6.61 Å². The Morgan fingerprint density at radius 3 is 2.25 bits per heavy atom. The van der Waals surface area contributed by atoms with Gasteiger partial charge in [0.1, 0.15) is 17.2 Å². The summed E-state index contributed by atoms with van der Waals surface area (Å²) in [6.45, 7) is 2.17. The van der Waals surface area contributed by atoms with E-state index in [9.17, 15) is 9.90 Å². The summed E-state index contributed by atoms with van der Waals surface area (Å²) in [5.74, 6) is -1.00. The van der Waals surface area contributed by atoms with Crippen LogP contribution in [0.2, 0.25) is 0 Å². The van der Waals surface area contributed by atoms with Gasteiger partial charge in [-0.1, -0.05) is 60.7 Å². The molecule has 0 aliphatic rings. The lowest BCUT2D eigenvalue weighted by Gasteiger charge is -2.10. The van der Waals surface area contributed by atoms with Crippen molar-refractivity contribution < 1.29 is 14.6 Å². The number of carbonyl (C=O) groups is 1. The van der Waals surface area contributed by atoms with Crippen molar-refractivity contribution >= 4 is 17.6 Å². The lowest BCUT2D eigenvalue weighted by atomic mass is 10.1. The molecule has 5 nitrogen and oxygen atoms in total. The van der Waals surface area contributed by atoms with E-state index in [4.69, 9.17) is 10.5 Å². The Morgan fingerprint density at radius 2 is 1.67 bits per heavy atom. The minimum atomic E-state index is -0.701. The van der Waals surface area contributed by atoms with E-state index in [-0.39, 0.29) is 23.8 Å². The van der Waals surface area contributed by atoms with Gasteiger partial charge in [0.15, 0.2) is 0 Å². The molecule has 0 heterocycles. The molecule has 0 unspecified atom stereocenters. The minimum absolute atomic E-state index is 0.0568. The molecular weight excluding hydrogens is 304 g/mol. The molecule has 2 rings (SSSR count). The largest absolute Gasteiger partial charge is 0.506 e. The molecule has 0 aliphatic carbocycles. The first-order valence-electron chi connectivity index (χ1n) is 7.63. The first kappa shape index (κ1) is 17.3. The van der Waals surface area contributed by atoms with Crippen molar-refractivity contribution in [1.82, 2.24) is 0 Å². The second-order valence-electron chi connectivity index (χ2n) is 5.00. The summed E-state index contributed by atoms with van der Waals surface area (Å²) in [6, 6.07) is 18.2. The number of carbonyl (C=O) groups excluding carboxylic acids is 1. The first-order valence-corrected chi connectivity index (χ1v) is 7.63. The summed E-state index contributed by atoms with van der Waals surface area (Å²) in [6.07, 6.45) is 0. The van der Waals surface area contributed by atoms with Gasteiger partial charge in [-0.3, -0.25) is 4.99 Å². The molecule has 3 N–H and O–H groups in total. The number of rotatable bonds is 6. The molecule has 0 radical (unpaired) electrons. The molecule has 0 saturated carbocycles. The van der Waals surface area contributed by atoms with Crippen molar-refractivity contribution in [3.8, 4) is 0 Å². The maximum absolute atomic E-state index is 12.2.